The van der Waals surface area contributed by atoms with Gasteiger partial charge >= 0.3 is 5.97 Å². The number of hydrogen-bond donors (Lipinski definition) is 0. The molecule has 2 nitrogen and oxygen atoms in total. The van der Waals surface area contributed by atoms with Gasteiger partial charge in [-0.2, -0.15) is 0 Å². The van der Waals surface area contributed by atoms with E-state index >= 15 is 0 Å². The van der Waals surface area contributed by atoms with Gasteiger partial charge in [0.1, 0.15) is 0 Å². The van der Waals surface area contributed by atoms with Crippen LogP contribution in [0.25, 0.3) is 0 Å². The molecule has 2 rings (SSSR count). The van der Waals surface area contributed by atoms with E-state index < -0.39 is 0 Å². The highest BCUT2D eigenvalue weighted by atomic mass is 16.5. The van der Waals surface area contributed by atoms with E-state index in [0.29, 0.717) is 11.8 Å². The summed E-state index contributed by atoms with van der Waals surface area (Å²) in [7, 11) is 1.49. The van der Waals surface area contributed by atoms with Crippen molar-refractivity contribution in [1.82, 2.24) is 0 Å². The molecule has 0 saturated carbocycles. The maximum atomic E-state index is 11.8. The number of ether oxygens (including phenoxy) is 1. The molecule has 0 amide bonds. The van der Waals surface area contributed by atoms with Crippen LogP contribution in [0.15, 0.2) is 22.8 Å². The largest absolute Gasteiger partial charge is 0.469 e. The second-order valence-corrected chi connectivity index (χ2v) is 5.87. The Kier molecular flexibility index (Phi) is 3.94. The summed E-state index contributed by atoms with van der Waals surface area (Å²) >= 11 is 0. The van der Waals surface area contributed by atoms with Crippen molar-refractivity contribution < 1.29 is 9.53 Å². The smallest absolute Gasteiger partial charge is 0.308 e. The van der Waals surface area contributed by atoms with Crippen molar-refractivity contribution >= 4 is 5.97 Å². The van der Waals surface area contributed by atoms with E-state index in [1.54, 1.807) is 5.57 Å². The Hall–Kier alpha value is -1.05. The van der Waals surface area contributed by atoms with E-state index in [0.717, 1.165) is 6.42 Å². The standard InChI is InChI=1S/C16H24O2/c1-10-5-7-13-11(2)6-8-14(15(13)9-10)12(3)16(17)18-4/h9,11-12,14H,5-8H2,1-4H3/t11-,12-,14+/m1/s1. The van der Waals surface area contributed by atoms with Crippen LogP contribution in [0.5, 0.6) is 0 Å². The molecule has 2 aliphatic carbocycles. The number of carbonyl (C=O) groups is 1. The summed E-state index contributed by atoms with van der Waals surface area (Å²) in [4.78, 5) is 11.8. The lowest BCUT2D eigenvalue weighted by molar-refractivity contribution is -0.146. The summed E-state index contributed by atoms with van der Waals surface area (Å²) in [6.45, 7) is 6.53. The summed E-state index contributed by atoms with van der Waals surface area (Å²) in [5.74, 6) is 0.956. The minimum absolute atomic E-state index is 0.0188. The van der Waals surface area contributed by atoms with Gasteiger partial charge in [-0.1, -0.05) is 31.1 Å². The van der Waals surface area contributed by atoms with Crippen LogP contribution in [0.3, 0.4) is 0 Å². The molecule has 0 saturated heterocycles. The van der Waals surface area contributed by atoms with Crippen molar-refractivity contribution in [3.63, 3.8) is 0 Å². The van der Waals surface area contributed by atoms with Crippen molar-refractivity contribution in [3.8, 4) is 0 Å². The Morgan fingerprint density at radius 2 is 2.11 bits per heavy atom. The quantitative estimate of drug-likeness (QED) is 0.693. The maximum absolute atomic E-state index is 11.8. The molecule has 18 heavy (non-hydrogen) atoms. The summed E-state index contributed by atoms with van der Waals surface area (Å²) < 4.78 is 4.92. The first-order valence-corrected chi connectivity index (χ1v) is 7.02. The van der Waals surface area contributed by atoms with Gasteiger partial charge in [0.15, 0.2) is 0 Å². The SMILES string of the molecule is COC(=O)[C@H](C)[C@@H]1CC[C@@H](C)C2=C1C=C(C)CC2. The topological polar surface area (TPSA) is 26.3 Å². The number of hydrogen-bond acceptors (Lipinski definition) is 2. The van der Waals surface area contributed by atoms with Gasteiger partial charge < -0.3 is 4.74 Å². The summed E-state index contributed by atoms with van der Waals surface area (Å²) in [6, 6.07) is 0. The van der Waals surface area contributed by atoms with Crippen molar-refractivity contribution in [3.05, 3.63) is 22.8 Å². The van der Waals surface area contributed by atoms with E-state index in [9.17, 15) is 4.79 Å². The molecule has 3 atom stereocenters. The molecule has 2 heteroatoms. The Labute approximate surface area is 110 Å². The fourth-order valence-corrected chi connectivity index (χ4v) is 3.41. The van der Waals surface area contributed by atoms with Gasteiger partial charge in [-0.25, -0.2) is 0 Å². The van der Waals surface area contributed by atoms with Crippen LogP contribution in [-0.2, 0) is 9.53 Å². The van der Waals surface area contributed by atoms with Gasteiger partial charge in [-0.15, -0.1) is 0 Å². The average molecular weight is 248 g/mol. The second kappa shape index (κ2) is 5.29. The van der Waals surface area contributed by atoms with Crippen LogP contribution in [0.2, 0.25) is 0 Å². The number of rotatable bonds is 2. The second-order valence-electron chi connectivity index (χ2n) is 5.87. The Balaban J connectivity index is 2.32. The van der Waals surface area contributed by atoms with Crippen molar-refractivity contribution in [2.45, 2.75) is 46.5 Å². The van der Waals surface area contributed by atoms with Crippen LogP contribution in [0.1, 0.15) is 46.5 Å². The van der Waals surface area contributed by atoms with Gasteiger partial charge in [0.25, 0.3) is 0 Å². The molecular formula is C16H24O2. The number of methoxy groups -OCH3 is 1. The fraction of sp³-hybridized carbons (Fsp3) is 0.688. The third-order valence-electron chi connectivity index (χ3n) is 4.64. The van der Waals surface area contributed by atoms with Crippen molar-refractivity contribution in [2.75, 3.05) is 7.11 Å². The lowest BCUT2D eigenvalue weighted by atomic mass is 9.69. The number of allylic oxidation sites excluding steroid dienone is 4. The summed E-state index contributed by atoms with van der Waals surface area (Å²) in [6.07, 6.45) is 7.02. The average Bonchev–Trinajstić information content (AvgIpc) is 2.37. The first-order chi connectivity index (χ1) is 8.54. The Morgan fingerprint density at radius 1 is 1.39 bits per heavy atom. The van der Waals surface area contributed by atoms with Gasteiger partial charge in [0.2, 0.25) is 0 Å². The number of esters is 1. The minimum atomic E-state index is -0.0713. The maximum Gasteiger partial charge on any atom is 0.308 e. The third-order valence-corrected chi connectivity index (χ3v) is 4.64. The molecule has 2 aliphatic rings. The van der Waals surface area contributed by atoms with E-state index in [1.807, 2.05) is 6.92 Å². The predicted molar refractivity (Wildman–Crippen MR) is 73.1 cm³/mol. The molecule has 0 aromatic rings. The molecule has 0 aromatic heterocycles. The minimum Gasteiger partial charge on any atom is -0.469 e. The van der Waals surface area contributed by atoms with Crippen LogP contribution in [0.4, 0.5) is 0 Å². The van der Waals surface area contributed by atoms with Crippen LogP contribution in [-0.4, -0.2) is 13.1 Å². The Bertz CT molecular complexity index is 403. The molecule has 0 fully saturated rings. The normalized spacial score (nSPS) is 29.4. The highest BCUT2D eigenvalue weighted by molar-refractivity contribution is 5.73. The molecule has 0 aromatic carbocycles. The monoisotopic (exact) mass is 248 g/mol. The molecule has 0 radical (unpaired) electrons. The fourth-order valence-electron chi connectivity index (χ4n) is 3.41. The first kappa shape index (κ1) is 13.4. The first-order valence-electron chi connectivity index (χ1n) is 7.02. The zero-order valence-corrected chi connectivity index (χ0v) is 12.0. The molecule has 100 valence electrons. The van der Waals surface area contributed by atoms with Crippen molar-refractivity contribution in [1.29, 1.82) is 0 Å². The van der Waals surface area contributed by atoms with E-state index in [2.05, 4.69) is 19.9 Å². The van der Waals surface area contributed by atoms with Crippen LogP contribution in [0, 0.1) is 17.8 Å². The summed E-state index contributed by atoms with van der Waals surface area (Å²) in [5.41, 5.74) is 4.48. The van der Waals surface area contributed by atoms with Crippen molar-refractivity contribution in [2.24, 2.45) is 17.8 Å². The van der Waals surface area contributed by atoms with E-state index in [-0.39, 0.29) is 11.9 Å². The van der Waals surface area contributed by atoms with Gasteiger partial charge in [-0.05, 0) is 50.0 Å². The van der Waals surface area contributed by atoms with Gasteiger partial charge in [0, 0.05) is 0 Å². The van der Waals surface area contributed by atoms with Gasteiger partial charge in [-0.3, -0.25) is 4.79 Å². The molecule has 0 bridgehead atoms. The van der Waals surface area contributed by atoms with E-state index in [1.165, 1.54) is 37.5 Å². The highest BCUT2D eigenvalue weighted by Crippen LogP contribution is 2.43. The van der Waals surface area contributed by atoms with Gasteiger partial charge in [0.05, 0.1) is 13.0 Å². The lowest BCUT2D eigenvalue weighted by Gasteiger charge is -2.36. The number of carbonyl (C=O) groups excluding carboxylic acids is 1. The molecule has 0 heterocycles. The molecule has 0 aliphatic heterocycles. The zero-order chi connectivity index (χ0) is 13.3. The molecular weight excluding hydrogens is 224 g/mol. The molecule has 0 unspecified atom stereocenters. The summed E-state index contributed by atoms with van der Waals surface area (Å²) in [5, 5.41) is 0. The molecule has 0 N–H and O–H groups in total. The third kappa shape index (κ3) is 2.38. The van der Waals surface area contributed by atoms with Crippen LogP contribution < -0.4 is 0 Å². The zero-order valence-electron chi connectivity index (χ0n) is 12.0. The Morgan fingerprint density at radius 3 is 2.78 bits per heavy atom. The predicted octanol–water partition coefficient (Wildman–Crippen LogP) is 3.88. The van der Waals surface area contributed by atoms with Crippen LogP contribution >= 0.6 is 0 Å². The highest BCUT2D eigenvalue weighted by Gasteiger charge is 2.34. The lowest BCUT2D eigenvalue weighted by Crippen LogP contribution is -2.29. The molecule has 0 spiro atoms. The van der Waals surface area contributed by atoms with E-state index in [4.69, 9.17) is 4.74 Å².